The Morgan fingerprint density at radius 3 is 2.76 bits per heavy atom. The summed E-state index contributed by atoms with van der Waals surface area (Å²) in [5.41, 5.74) is 1.45. The maximum Gasteiger partial charge on any atom is 0.0701 e. The van der Waals surface area contributed by atoms with Crippen molar-refractivity contribution in [2.45, 2.75) is 12.6 Å². The number of thiophene rings is 1. The summed E-state index contributed by atoms with van der Waals surface area (Å²) in [6, 6.07) is 3.04. The maximum atomic E-state index is 3.52. The minimum absolute atomic E-state index is 0.805. The largest absolute Gasteiger partial charge is 0.314 e. The molecule has 2 fully saturated rings. The van der Waals surface area contributed by atoms with Crippen LogP contribution in [-0.2, 0) is 6.54 Å². The summed E-state index contributed by atoms with van der Waals surface area (Å²) < 4.78 is 1.24. The van der Waals surface area contributed by atoms with E-state index in [1.54, 1.807) is 11.3 Å². The van der Waals surface area contributed by atoms with E-state index in [0.29, 0.717) is 0 Å². The van der Waals surface area contributed by atoms with E-state index >= 15 is 0 Å². The van der Waals surface area contributed by atoms with Crippen molar-refractivity contribution in [1.29, 1.82) is 0 Å². The Bertz CT molecular complexity index is 370. The summed E-state index contributed by atoms with van der Waals surface area (Å²) >= 11 is 5.30. The van der Waals surface area contributed by atoms with Gasteiger partial charge >= 0.3 is 0 Å². The van der Waals surface area contributed by atoms with Gasteiger partial charge in [-0.15, -0.1) is 11.3 Å². The maximum absolute atomic E-state index is 3.52. The third-order valence-electron chi connectivity index (χ3n) is 3.63. The van der Waals surface area contributed by atoms with E-state index in [9.17, 15) is 0 Å². The molecule has 0 aliphatic carbocycles. The van der Waals surface area contributed by atoms with Crippen LogP contribution >= 0.6 is 27.3 Å². The monoisotopic (exact) mass is 315 g/mol. The highest BCUT2D eigenvalue weighted by atomic mass is 79.9. The van der Waals surface area contributed by atoms with Gasteiger partial charge in [0.25, 0.3) is 0 Å². The molecule has 3 rings (SSSR count). The minimum atomic E-state index is 0.805. The van der Waals surface area contributed by atoms with Gasteiger partial charge < -0.3 is 5.32 Å². The summed E-state index contributed by atoms with van der Waals surface area (Å²) in [6.45, 7) is 8.37. The summed E-state index contributed by atoms with van der Waals surface area (Å²) in [5.74, 6) is 0. The molecule has 0 spiro atoms. The summed E-state index contributed by atoms with van der Waals surface area (Å²) in [6.07, 6.45) is 0. The van der Waals surface area contributed by atoms with Crippen LogP contribution in [0.15, 0.2) is 15.2 Å². The van der Waals surface area contributed by atoms with E-state index in [0.717, 1.165) is 25.7 Å². The normalized spacial score (nSPS) is 23.8. The van der Waals surface area contributed by atoms with Crippen molar-refractivity contribution < 1.29 is 0 Å². The molecular formula is C12H18BrN3S. The Kier molecular flexibility index (Phi) is 3.82. The van der Waals surface area contributed by atoms with Crippen LogP contribution in [0, 0.1) is 0 Å². The molecule has 0 saturated carbocycles. The number of likely N-dealkylation sites (tertiary alicyclic amines) is 1. The Balaban J connectivity index is 1.45. The fourth-order valence-corrected chi connectivity index (χ4v) is 3.84. The fourth-order valence-electron chi connectivity index (χ4n) is 2.64. The molecule has 0 atom stereocenters. The van der Waals surface area contributed by atoms with E-state index < -0.39 is 0 Å². The quantitative estimate of drug-likeness (QED) is 0.914. The summed E-state index contributed by atoms with van der Waals surface area (Å²) in [5, 5.41) is 5.66. The number of hydrogen-bond acceptors (Lipinski definition) is 4. The Labute approximate surface area is 115 Å². The van der Waals surface area contributed by atoms with E-state index in [-0.39, 0.29) is 0 Å². The van der Waals surface area contributed by atoms with Crippen LogP contribution in [0.4, 0.5) is 0 Å². The smallest absolute Gasteiger partial charge is 0.0701 e. The minimum Gasteiger partial charge on any atom is -0.314 e. The topological polar surface area (TPSA) is 18.5 Å². The fraction of sp³-hybridized carbons (Fsp3) is 0.667. The first kappa shape index (κ1) is 12.1. The van der Waals surface area contributed by atoms with E-state index in [4.69, 9.17) is 0 Å². The van der Waals surface area contributed by atoms with Crippen LogP contribution in [0.25, 0.3) is 0 Å². The lowest BCUT2D eigenvalue weighted by Gasteiger charge is -2.46. The molecule has 2 saturated heterocycles. The van der Waals surface area contributed by atoms with Gasteiger partial charge in [0.2, 0.25) is 0 Å². The molecule has 5 heteroatoms. The van der Waals surface area contributed by atoms with Gasteiger partial charge in [-0.3, -0.25) is 9.80 Å². The molecule has 94 valence electrons. The van der Waals surface area contributed by atoms with Crippen LogP contribution in [-0.4, -0.2) is 55.1 Å². The lowest BCUT2D eigenvalue weighted by molar-refractivity contribution is 0.0224. The highest BCUT2D eigenvalue weighted by Gasteiger charge is 2.31. The highest BCUT2D eigenvalue weighted by molar-refractivity contribution is 9.11. The predicted octanol–water partition coefficient (Wildman–Crippen LogP) is 1.60. The molecule has 1 N–H and O–H groups in total. The second kappa shape index (κ2) is 5.36. The molecule has 2 aliphatic rings. The molecule has 2 aliphatic heterocycles. The van der Waals surface area contributed by atoms with Crippen LogP contribution in [0.3, 0.4) is 0 Å². The molecule has 1 aromatic heterocycles. The number of halogens is 1. The molecule has 0 unspecified atom stereocenters. The zero-order chi connectivity index (χ0) is 11.7. The Morgan fingerprint density at radius 1 is 1.35 bits per heavy atom. The Hall–Kier alpha value is 0.0600. The second-order valence-electron chi connectivity index (χ2n) is 4.89. The third kappa shape index (κ3) is 2.90. The zero-order valence-electron chi connectivity index (χ0n) is 9.86. The predicted molar refractivity (Wildman–Crippen MR) is 75.5 cm³/mol. The number of nitrogens with zero attached hydrogens (tertiary/aromatic N) is 2. The van der Waals surface area contributed by atoms with Gasteiger partial charge in [0.05, 0.1) is 3.79 Å². The van der Waals surface area contributed by atoms with Crippen molar-refractivity contribution in [3.8, 4) is 0 Å². The van der Waals surface area contributed by atoms with Crippen molar-refractivity contribution in [3.63, 3.8) is 0 Å². The van der Waals surface area contributed by atoms with E-state index in [1.807, 2.05) is 0 Å². The third-order valence-corrected chi connectivity index (χ3v) is 5.19. The number of piperazine rings is 1. The molecule has 3 nitrogen and oxygen atoms in total. The first-order valence-corrected chi connectivity index (χ1v) is 7.88. The average molecular weight is 316 g/mol. The SMILES string of the molecule is Brc1cc(CN2CC(N3CCNCC3)C2)cs1. The second-order valence-corrected chi connectivity index (χ2v) is 7.18. The molecular weight excluding hydrogens is 298 g/mol. The molecule has 0 radical (unpaired) electrons. The summed E-state index contributed by atoms with van der Waals surface area (Å²) in [7, 11) is 0. The van der Waals surface area contributed by atoms with Gasteiger partial charge in [0.15, 0.2) is 0 Å². The van der Waals surface area contributed by atoms with Crippen LogP contribution in [0.2, 0.25) is 0 Å². The van der Waals surface area contributed by atoms with Crippen molar-refractivity contribution in [3.05, 3.63) is 20.8 Å². The number of rotatable bonds is 3. The average Bonchev–Trinajstić information content (AvgIpc) is 2.70. The molecule has 1 aromatic rings. The lowest BCUT2D eigenvalue weighted by atomic mass is 10.1. The van der Waals surface area contributed by atoms with Crippen molar-refractivity contribution >= 4 is 27.3 Å². The highest BCUT2D eigenvalue weighted by Crippen LogP contribution is 2.24. The van der Waals surface area contributed by atoms with Gasteiger partial charge in [-0.2, -0.15) is 0 Å². The van der Waals surface area contributed by atoms with Gasteiger partial charge in [0.1, 0.15) is 0 Å². The standard InChI is InChI=1S/C12H18BrN3S/c13-12-5-10(9-17-12)6-15-7-11(8-15)16-3-1-14-2-4-16/h5,9,11,14H,1-4,6-8H2. The first-order valence-electron chi connectivity index (χ1n) is 6.21. The number of hydrogen-bond donors (Lipinski definition) is 1. The van der Waals surface area contributed by atoms with Crippen molar-refractivity contribution in [1.82, 2.24) is 15.1 Å². The zero-order valence-corrected chi connectivity index (χ0v) is 12.3. The van der Waals surface area contributed by atoms with Gasteiger partial charge in [0, 0.05) is 51.9 Å². The van der Waals surface area contributed by atoms with Crippen LogP contribution in [0.1, 0.15) is 5.56 Å². The lowest BCUT2D eigenvalue weighted by Crippen LogP contribution is -2.62. The summed E-state index contributed by atoms with van der Waals surface area (Å²) in [4.78, 5) is 5.18. The van der Waals surface area contributed by atoms with Crippen LogP contribution < -0.4 is 5.32 Å². The van der Waals surface area contributed by atoms with Crippen LogP contribution in [0.5, 0.6) is 0 Å². The van der Waals surface area contributed by atoms with Gasteiger partial charge in [-0.05, 0) is 32.9 Å². The first-order chi connectivity index (χ1) is 8.31. The van der Waals surface area contributed by atoms with Gasteiger partial charge in [-0.1, -0.05) is 0 Å². The Morgan fingerprint density at radius 2 is 2.12 bits per heavy atom. The van der Waals surface area contributed by atoms with E-state index in [2.05, 4.69) is 42.5 Å². The molecule has 17 heavy (non-hydrogen) atoms. The molecule has 0 aromatic carbocycles. The van der Waals surface area contributed by atoms with Crippen molar-refractivity contribution in [2.75, 3.05) is 39.3 Å². The van der Waals surface area contributed by atoms with E-state index in [1.165, 1.54) is 35.5 Å². The van der Waals surface area contributed by atoms with Gasteiger partial charge in [-0.25, -0.2) is 0 Å². The molecule has 0 amide bonds. The molecule has 3 heterocycles. The van der Waals surface area contributed by atoms with Crippen molar-refractivity contribution in [2.24, 2.45) is 0 Å². The number of nitrogens with one attached hydrogen (secondary N) is 1. The molecule has 0 bridgehead atoms.